The molecule has 222 valence electrons. The monoisotopic (exact) mass is 575 g/mol. The van der Waals surface area contributed by atoms with Gasteiger partial charge in [-0.1, -0.05) is 45.0 Å². The largest absolute Gasteiger partial charge is 0.508 e. The van der Waals surface area contributed by atoms with Gasteiger partial charge in [0.15, 0.2) is 11.4 Å². The minimum atomic E-state index is -2.68. The number of phenols is 1. The number of benzene rings is 2. The molecule has 8 N–H and O–H groups in total. The van der Waals surface area contributed by atoms with Crippen LogP contribution in [-0.4, -0.2) is 68.5 Å². The molecule has 1 amide bonds. The van der Waals surface area contributed by atoms with Gasteiger partial charge in [-0.25, -0.2) is 0 Å². The molecule has 42 heavy (non-hydrogen) atoms. The summed E-state index contributed by atoms with van der Waals surface area (Å²) < 4.78 is 0. The van der Waals surface area contributed by atoms with Gasteiger partial charge in [-0.15, -0.1) is 0 Å². The lowest BCUT2D eigenvalue weighted by molar-refractivity contribution is -0.153. The van der Waals surface area contributed by atoms with Crippen LogP contribution in [0.1, 0.15) is 49.4 Å². The zero-order valence-electron chi connectivity index (χ0n) is 24.4. The van der Waals surface area contributed by atoms with E-state index < -0.39 is 58.0 Å². The fourth-order valence-corrected chi connectivity index (χ4v) is 6.93. The SMILES string of the molecule is CN(C)[C@@H]1C(=O)C(C(N)=O)=C(O)[C@@]2(O)C(=O)C3=C(O)c4c(O)c(CN)cc(-c5ccc(C(C)(C)C)cc5)c4C[C@H]3C[C@@H]12. The number of hydrogen-bond donors (Lipinski definition) is 6. The molecule has 0 spiro atoms. The number of nitrogens with zero attached hydrogens (tertiary/aromatic N) is 1. The normalized spacial score (nSPS) is 25.9. The highest BCUT2D eigenvalue weighted by molar-refractivity contribution is 6.24. The number of primary amides is 1. The number of likely N-dealkylation sites (N-methyl/N-ethyl adjacent to an activating group) is 1. The lowest BCUT2D eigenvalue weighted by Gasteiger charge is -2.50. The minimum absolute atomic E-state index is 0.0214. The van der Waals surface area contributed by atoms with Crippen molar-refractivity contribution < 1.29 is 34.8 Å². The third-order valence-corrected chi connectivity index (χ3v) is 9.08. The van der Waals surface area contributed by atoms with Crippen LogP contribution >= 0.6 is 0 Å². The number of nitrogens with two attached hydrogens (primary N) is 2. The van der Waals surface area contributed by atoms with Crippen LogP contribution in [0.2, 0.25) is 0 Å². The molecule has 2 aromatic carbocycles. The average Bonchev–Trinajstić information content (AvgIpc) is 2.90. The number of phenolic OH excluding ortho intramolecular Hbond substituents is 1. The summed E-state index contributed by atoms with van der Waals surface area (Å²) in [5.74, 6) is -6.83. The standard InChI is InChI=1S/C32H37N3O7/c1-31(2,3)17-8-6-14(7-9-17)18-11-16(13-33)25(36)22-19(18)10-15-12-20-24(35(4)5)27(38)23(30(34)41)29(40)32(20,42)28(39)21(15)26(22)37/h6-9,11,15,20,24,36-37,40,42H,10,12-13,33H2,1-5H3,(H2,34,41)/t15-,20-,24-,32-/m0/s1. The summed E-state index contributed by atoms with van der Waals surface area (Å²) in [7, 11) is 3.14. The Morgan fingerprint density at radius 3 is 2.24 bits per heavy atom. The van der Waals surface area contributed by atoms with Crippen molar-refractivity contribution in [3.05, 3.63) is 69.5 Å². The number of aliphatic hydroxyl groups excluding tert-OH is 2. The van der Waals surface area contributed by atoms with E-state index in [2.05, 4.69) is 20.8 Å². The Bertz CT molecular complexity index is 1600. The van der Waals surface area contributed by atoms with Gasteiger partial charge in [0, 0.05) is 23.6 Å². The Morgan fingerprint density at radius 1 is 1.10 bits per heavy atom. The Labute approximate surface area is 243 Å². The van der Waals surface area contributed by atoms with Gasteiger partial charge in [0.05, 0.1) is 11.6 Å². The third-order valence-electron chi connectivity index (χ3n) is 9.08. The Morgan fingerprint density at radius 2 is 1.71 bits per heavy atom. The number of aliphatic hydroxyl groups is 3. The molecule has 0 unspecified atom stereocenters. The van der Waals surface area contributed by atoms with Crippen LogP contribution < -0.4 is 11.5 Å². The van der Waals surface area contributed by atoms with E-state index >= 15 is 0 Å². The van der Waals surface area contributed by atoms with Crippen molar-refractivity contribution in [2.24, 2.45) is 23.3 Å². The highest BCUT2D eigenvalue weighted by Crippen LogP contribution is 2.54. The second-order valence-corrected chi connectivity index (χ2v) is 12.8. The second-order valence-electron chi connectivity index (χ2n) is 12.8. The fourth-order valence-electron chi connectivity index (χ4n) is 6.93. The highest BCUT2D eigenvalue weighted by Gasteiger charge is 2.64. The second kappa shape index (κ2) is 9.79. The van der Waals surface area contributed by atoms with Crippen LogP contribution in [0.3, 0.4) is 0 Å². The lowest BCUT2D eigenvalue weighted by Crippen LogP contribution is -2.65. The molecule has 10 heteroatoms. The van der Waals surface area contributed by atoms with Gasteiger partial charge < -0.3 is 31.9 Å². The van der Waals surface area contributed by atoms with E-state index in [1.807, 2.05) is 24.3 Å². The summed E-state index contributed by atoms with van der Waals surface area (Å²) in [4.78, 5) is 41.1. The summed E-state index contributed by atoms with van der Waals surface area (Å²) in [6.45, 7) is 6.28. The van der Waals surface area contributed by atoms with E-state index in [-0.39, 0.29) is 41.7 Å². The Balaban J connectivity index is 1.74. The van der Waals surface area contributed by atoms with E-state index in [0.29, 0.717) is 11.1 Å². The van der Waals surface area contributed by atoms with Crippen molar-refractivity contribution in [1.29, 1.82) is 0 Å². The number of rotatable bonds is 4. The van der Waals surface area contributed by atoms with Crippen molar-refractivity contribution >= 4 is 23.2 Å². The van der Waals surface area contributed by atoms with Gasteiger partial charge >= 0.3 is 0 Å². The zero-order chi connectivity index (χ0) is 31.0. The first-order valence-electron chi connectivity index (χ1n) is 13.9. The van der Waals surface area contributed by atoms with E-state index in [1.54, 1.807) is 20.2 Å². The van der Waals surface area contributed by atoms with Gasteiger partial charge in [0.25, 0.3) is 5.91 Å². The van der Waals surface area contributed by atoms with Gasteiger partial charge in [-0.3, -0.25) is 19.3 Å². The van der Waals surface area contributed by atoms with Crippen LogP contribution in [0.5, 0.6) is 5.75 Å². The fraction of sp³-hybridized carbons (Fsp3) is 0.406. The van der Waals surface area contributed by atoms with Crippen molar-refractivity contribution in [3.63, 3.8) is 0 Å². The maximum absolute atomic E-state index is 14.1. The van der Waals surface area contributed by atoms with E-state index in [9.17, 15) is 34.8 Å². The molecule has 10 nitrogen and oxygen atoms in total. The molecule has 0 aromatic heterocycles. The van der Waals surface area contributed by atoms with Crippen LogP contribution in [-0.2, 0) is 32.8 Å². The summed E-state index contributed by atoms with van der Waals surface area (Å²) >= 11 is 0. The van der Waals surface area contributed by atoms with Gasteiger partial charge in [0.2, 0.25) is 5.78 Å². The predicted molar refractivity (Wildman–Crippen MR) is 156 cm³/mol. The molecule has 0 heterocycles. The lowest BCUT2D eigenvalue weighted by atomic mass is 9.57. The number of amides is 1. The molecule has 0 radical (unpaired) electrons. The first kappa shape index (κ1) is 29.5. The minimum Gasteiger partial charge on any atom is -0.508 e. The van der Waals surface area contributed by atoms with Gasteiger partial charge in [-0.2, -0.15) is 0 Å². The number of carbonyl (C=O) groups excluding carboxylic acids is 3. The Hall–Kier alpha value is -3.99. The van der Waals surface area contributed by atoms with Crippen LogP contribution in [0.25, 0.3) is 16.9 Å². The molecule has 0 bridgehead atoms. The molecular weight excluding hydrogens is 538 g/mol. The van der Waals surface area contributed by atoms with E-state index in [4.69, 9.17) is 11.5 Å². The van der Waals surface area contributed by atoms with Crippen LogP contribution in [0.4, 0.5) is 0 Å². The molecule has 3 aliphatic rings. The van der Waals surface area contributed by atoms with Crippen molar-refractivity contribution in [2.45, 2.75) is 57.2 Å². The average molecular weight is 576 g/mol. The molecular formula is C32H37N3O7. The van der Waals surface area contributed by atoms with Gasteiger partial charge in [-0.05, 0) is 66.6 Å². The summed E-state index contributed by atoms with van der Waals surface area (Å²) in [6.07, 6.45) is 0.219. The molecule has 2 aromatic rings. The number of ketones is 2. The smallest absolute Gasteiger partial charge is 0.255 e. The topological polar surface area (TPSA) is 187 Å². The van der Waals surface area contributed by atoms with Crippen molar-refractivity contribution in [3.8, 4) is 16.9 Å². The first-order valence-corrected chi connectivity index (χ1v) is 13.9. The quantitative estimate of drug-likeness (QED) is 0.298. The van der Waals surface area contributed by atoms with Crippen molar-refractivity contribution in [1.82, 2.24) is 4.90 Å². The summed E-state index contributed by atoms with van der Waals surface area (Å²) in [6, 6.07) is 8.60. The number of Topliss-reactive ketones (excluding diaryl/α,β-unsaturated/α-hetero) is 2. The third kappa shape index (κ3) is 4.08. The number of hydrogen-bond acceptors (Lipinski definition) is 9. The molecule has 1 fully saturated rings. The number of aromatic hydroxyl groups is 1. The predicted octanol–water partition coefficient (Wildman–Crippen LogP) is 2.39. The summed E-state index contributed by atoms with van der Waals surface area (Å²) in [5, 5.41) is 45.6. The molecule has 3 aliphatic carbocycles. The molecule has 0 aliphatic heterocycles. The maximum Gasteiger partial charge on any atom is 0.255 e. The van der Waals surface area contributed by atoms with Gasteiger partial charge in [0.1, 0.15) is 22.8 Å². The zero-order valence-corrected chi connectivity index (χ0v) is 24.4. The van der Waals surface area contributed by atoms with E-state index in [1.165, 1.54) is 4.90 Å². The van der Waals surface area contributed by atoms with Crippen LogP contribution in [0.15, 0.2) is 47.2 Å². The number of carbonyl (C=O) groups is 3. The first-order chi connectivity index (χ1) is 19.5. The van der Waals surface area contributed by atoms with E-state index in [0.717, 1.165) is 16.7 Å². The Kier molecular flexibility index (Phi) is 6.88. The molecule has 5 rings (SSSR count). The molecule has 1 saturated carbocycles. The van der Waals surface area contributed by atoms with Crippen molar-refractivity contribution in [2.75, 3.05) is 14.1 Å². The maximum atomic E-state index is 14.1. The van der Waals surface area contributed by atoms with Crippen LogP contribution in [0, 0.1) is 11.8 Å². The number of fused-ring (bicyclic) bond motifs is 3. The molecule has 0 saturated heterocycles. The highest BCUT2D eigenvalue weighted by atomic mass is 16.3. The summed E-state index contributed by atoms with van der Waals surface area (Å²) in [5.41, 5.74) is 11.2. The molecule has 4 atom stereocenters.